The predicted molar refractivity (Wildman–Crippen MR) is 91.0 cm³/mol. The third-order valence-corrected chi connectivity index (χ3v) is 4.14. The van der Waals surface area contributed by atoms with Crippen molar-refractivity contribution in [1.82, 2.24) is 25.5 Å². The largest absolute Gasteiger partial charge is 0.449 e. The number of benzene rings is 1. The van der Waals surface area contributed by atoms with Crippen LogP contribution in [0.3, 0.4) is 0 Å². The van der Waals surface area contributed by atoms with E-state index in [-0.39, 0.29) is 11.5 Å². The van der Waals surface area contributed by atoms with Crippen LogP contribution >= 0.6 is 0 Å². The van der Waals surface area contributed by atoms with Crippen LogP contribution in [0.5, 0.6) is 0 Å². The molecule has 1 N–H and O–H groups in total. The van der Waals surface area contributed by atoms with Gasteiger partial charge in [-0.3, -0.25) is 4.79 Å². The van der Waals surface area contributed by atoms with Crippen molar-refractivity contribution in [2.45, 2.75) is 39.3 Å². The molecule has 136 valence electrons. The summed E-state index contributed by atoms with van der Waals surface area (Å²) in [6.07, 6.45) is 0.397. The van der Waals surface area contributed by atoms with Crippen molar-refractivity contribution in [3.8, 4) is 11.8 Å². The minimum Gasteiger partial charge on any atom is -0.449 e. The summed E-state index contributed by atoms with van der Waals surface area (Å²) < 4.78 is 6.64. The van der Waals surface area contributed by atoms with E-state index < -0.39 is 23.5 Å². The average Bonchev–Trinajstić information content (AvgIpc) is 3.16. The lowest BCUT2D eigenvalue weighted by molar-refractivity contribution is -0.130. The van der Waals surface area contributed by atoms with Crippen molar-refractivity contribution in [2.75, 3.05) is 0 Å². The number of tetrazole rings is 1. The molecule has 0 saturated carbocycles. The van der Waals surface area contributed by atoms with E-state index >= 15 is 0 Å². The molecule has 9 heteroatoms. The summed E-state index contributed by atoms with van der Waals surface area (Å²) in [5.41, 5.74) is -0.0713. The summed E-state index contributed by atoms with van der Waals surface area (Å²) in [6, 6.07) is 8.50. The highest BCUT2D eigenvalue weighted by Gasteiger charge is 2.32. The Morgan fingerprint density at radius 1 is 1.27 bits per heavy atom. The molecular formula is C17H20N6O3. The monoisotopic (exact) mass is 356 g/mol. The zero-order valence-corrected chi connectivity index (χ0v) is 15.0. The molecule has 26 heavy (non-hydrogen) atoms. The topological polar surface area (TPSA) is 123 Å². The van der Waals surface area contributed by atoms with Gasteiger partial charge in [0.1, 0.15) is 11.9 Å². The smallest absolute Gasteiger partial charge is 0.338 e. The van der Waals surface area contributed by atoms with Crippen molar-refractivity contribution < 1.29 is 14.3 Å². The fourth-order valence-electron chi connectivity index (χ4n) is 1.97. The maximum atomic E-state index is 12.2. The number of nitriles is 1. The first-order valence-corrected chi connectivity index (χ1v) is 8.04. The van der Waals surface area contributed by atoms with Gasteiger partial charge in [0.05, 0.1) is 17.3 Å². The van der Waals surface area contributed by atoms with Crippen LogP contribution in [0, 0.1) is 17.2 Å². The molecule has 0 aliphatic rings. The molecule has 1 heterocycles. The number of rotatable bonds is 6. The minimum atomic E-state index is -1.04. The fraction of sp³-hybridized carbons (Fsp3) is 0.412. The van der Waals surface area contributed by atoms with Gasteiger partial charge in [0.25, 0.3) is 5.91 Å². The number of nitrogens with one attached hydrogen (secondary N) is 1. The van der Waals surface area contributed by atoms with Crippen molar-refractivity contribution in [3.05, 3.63) is 36.2 Å². The number of carbonyl (C=O) groups is 2. The molecule has 9 nitrogen and oxygen atoms in total. The SMILES string of the molecule is CC(C)[C@@](C)(C#N)NC(=O)[C@H](C)OC(=O)c1ccc(-n2cnnn2)cc1. The number of ether oxygens (including phenoxy) is 1. The molecule has 1 aromatic heterocycles. The zero-order valence-electron chi connectivity index (χ0n) is 15.0. The van der Waals surface area contributed by atoms with E-state index in [1.807, 2.05) is 13.8 Å². The van der Waals surface area contributed by atoms with Gasteiger partial charge in [-0.1, -0.05) is 13.8 Å². The maximum Gasteiger partial charge on any atom is 0.338 e. The number of aromatic nitrogens is 4. The van der Waals surface area contributed by atoms with E-state index in [1.165, 1.54) is 17.9 Å². The average molecular weight is 356 g/mol. The van der Waals surface area contributed by atoms with Crippen molar-refractivity contribution in [2.24, 2.45) is 5.92 Å². The third-order valence-electron chi connectivity index (χ3n) is 4.14. The minimum absolute atomic E-state index is 0.0989. The van der Waals surface area contributed by atoms with Crippen LogP contribution in [0.1, 0.15) is 38.1 Å². The Labute approximate surface area is 151 Å². The Bertz CT molecular complexity index is 810. The molecule has 0 spiro atoms. The molecule has 0 bridgehead atoms. The summed E-state index contributed by atoms with van der Waals surface area (Å²) in [6.45, 7) is 6.74. The van der Waals surface area contributed by atoms with E-state index in [2.05, 4.69) is 26.9 Å². The molecule has 0 aliphatic heterocycles. The number of hydrogen-bond acceptors (Lipinski definition) is 7. The number of esters is 1. The normalized spacial score (nSPS) is 14.2. The number of nitrogens with zero attached hydrogens (tertiary/aromatic N) is 5. The van der Waals surface area contributed by atoms with Gasteiger partial charge in [-0.05, 0) is 54.5 Å². The highest BCUT2D eigenvalue weighted by molar-refractivity contribution is 5.92. The summed E-state index contributed by atoms with van der Waals surface area (Å²) in [5.74, 6) is -1.27. The lowest BCUT2D eigenvalue weighted by Crippen LogP contribution is -2.52. The fourth-order valence-corrected chi connectivity index (χ4v) is 1.97. The van der Waals surface area contributed by atoms with E-state index in [4.69, 9.17) is 4.74 Å². The van der Waals surface area contributed by atoms with Crippen LogP contribution < -0.4 is 5.32 Å². The highest BCUT2D eigenvalue weighted by atomic mass is 16.5. The standard InChI is InChI=1S/C17H20N6O3/c1-11(2)17(4,9-18)20-15(24)12(3)26-16(25)13-5-7-14(8-6-13)23-10-19-21-22-23/h5-8,10-12H,1-4H3,(H,20,24)/t12-,17+/m0/s1. The quantitative estimate of drug-likeness (QED) is 0.773. The van der Waals surface area contributed by atoms with Crippen LogP contribution in [0.15, 0.2) is 30.6 Å². The van der Waals surface area contributed by atoms with Crippen LogP contribution in [-0.2, 0) is 9.53 Å². The summed E-state index contributed by atoms with van der Waals surface area (Å²) in [5, 5.41) is 22.7. The Balaban J connectivity index is 2.00. The van der Waals surface area contributed by atoms with Crippen molar-refractivity contribution >= 4 is 11.9 Å². The molecule has 0 saturated heterocycles. The van der Waals surface area contributed by atoms with Gasteiger partial charge < -0.3 is 10.1 Å². The molecule has 2 atom stereocenters. The first kappa shape index (κ1) is 19.1. The van der Waals surface area contributed by atoms with Crippen LogP contribution in [0.2, 0.25) is 0 Å². The molecule has 1 aromatic carbocycles. The number of carbonyl (C=O) groups excluding carboxylic acids is 2. The Kier molecular flexibility index (Phi) is 5.67. The van der Waals surface area contributed by atoms with Gasteiger partial charge in [0, 0.05) is 0 Å². The molecule has 2 rings (SSSR count). The van der Waals surface area contributed by atoms with Crippen LogP contribution in [-0.4, -0.2) is 43.7 Å². The van der Waals surface area contributed by atoms with E-state index in [0.717, 1.165) is 0 Å². The number of hydrogen-bond donors (Lipinski definition) is 1. The Hall–Kier alpha value is -3.28. The van der Waals surface area contributed by atoms with Gasteiger partial charge >= 0.3 is 5.97 Å². The summed E-state index contributed by atoms with van der Waals surface area (Å²) >= 11 is 0. The van der Waals surface area contributed by atoms with Crippen molar-refractivity contribution in [3.63, 3.8) is 0 Å². The molecule has 0 fully saturated rings. The van der Waals surface area contributed by atoms with Gasteiger partial charge in [-0.15, -0.1) is 5.10 Å². The molecule has 0 aliphatic carbocycles. The van der Waals surface area contributed by atoms with E-state index in [0.29, 0.717) is 5.69 Å². The predicted octanol–water partition coefficient (Wildman–Crippen LogP) is 1.26. The number of amides is 1. The second-order valence-electron chi connectivity index (χ2n) is 6.31. The van der Waals surface area contributed by atoms with Crippen LogP contribution in [0.4, 0.5) is 0 Å². The molecule has 1 amide bonds. The molecular weight excluding hydrogens is 336 g/mol. The Morgan fingerprint density at radius 3 is 2.42 bits per heavy atom. The summed E-state index contributed by atoms with van der Waals surface area (Å²) in [7, 11) is 0. The molecule has 0 radical (unpaired) electrons. The van der Waals surface area contributed by atoms with Crippen molar-refractivity contribution in [1.29, 1.82) is 5.26 Å². The van der Waals surface area contributed by atoms with Gasteiger partial charge in [-0.2, -0.15) is 5.26 Å². The first-order valence-electron chi connectivity index (χ1n) is 8.04. The summed E-state index contributed by atoms with van der Waals surface area (Å²) in [4.78, 5) is 24.4. The van der Waals surface area contributed by atoms with Crippen LogP contribution in [0.25, 0.3) is 5.69 Å². The third kappa shape index (κ3) is 4.22. The van der Waals surface area contributed by atoms with Gasteiger partial charge in [0.2, 0.25) is 0 Å². The molecule has 0 unspecified atom stereocenters. The van der Waals surface area contributed by atoms with Gasteiger partial charge in [0.15, 0.2) is 6.10 Å². The molecule has 2 aromatic rings. The zero-order chi connectivity index (χ0) is 19.3. The lowest BCUT2D eigenvalue weighted by Gasteiger charge is -2.28. The first-order chi connectivity index (χ1) is 12.3. The second kappa shape index (κ2) is 7.74. The highest BCUT2D eigenvalue weighted by Crippen LogP contribution is 2.16. The maximum absolute atomic E-state index is 12.2. The van der Waals surface area contributed by atoms with E-state index in [1.54, 1.807) is 31.2 Å². The lowest BCUT2D eigenvalue weighted by atomic mass is 9.90. The van der Waals surface area contributed by atoms with Gasteiger partial charge in [-0.25, -0.2) is 9.48 Å². The second-order valence-corrected chi connectivity index (χ2v) is 6.31. The van der Waals surface area contributed by atoms with E-state index in [9.17, 15) is 14.9 Å². The Morgan fingerprint density at radius 2 is 1.92 bits per heavy atom.